The zero-order valence-electron chi connectivity index (χ0n) is 28.7. The van der Waals surface area contributed by atoms with Crippen molar-refractivity contribution in [2.45, 2.75) is 47.1 Å². The summed E-state index contributed by atoms with van der Waals surface area (Å²) in [4.78, 5) is 32.9. The van der Waals surface area contributed by atoms with Crippen LogP contribution in [0.5, 0.6) is 11.5 Å². The van der Waals surface area contributed by atoms with E-state index in [0.29, 0.717) is 47.7 Å². The fraction of sp³-hybridized carbons (Fsp3) is 0.395. The molecule has 1 aromatic heterocycles. The van der Waals surface area contributed by atoms with E-state index in [-0.39, 0.29) is 6.03 Å². The third-order valence-electron chi connectivity index (χ3n) is 9.23. The monoisotopic (exact) mass is 634 g/mol. The fourth-order valence-corrected chi connectivity index (χ4v) is 6.71. The molecule has 0 aliphatic carbocycles. The number of hydrogen-bond acceptors (Lipinski definition) is 7. The van der Waals surface area contributed by atoms with Gasteiger partial charge in [-0.05, 0) is 79.8 Å². The zero-order valence-corrected chi connectivity index (χ0v) is 28.7. The number of aromatic nitrogens is 2. The number of carbonyl (C=O) groups is 1. The van der Waals surface area contributed by atoms with Crippen LogP contribution in [0.25, 0.3) is 0 Å². The van der Waals surface area contributed by atoms with E-state index in [0.717, 1.165) is 55.0 Å². The van der Waals surface area contributed by atoms with Gasteiger partial charge in [-0.25, -0.2) is 19.7 Å². The van der Waals surface area contributed by atoms with E-state index in [2.05, 4.69) is 48.9 Å². The minimum Gasteiger partial charge on any atom is -0.497 e. The molecule has 0 N–H and O–H groups in total. The molecule has 0 saturated carbocycles. The van der Waals surface area contributed by atoms with Crippen molar-refractivity contribution in [1.82, 2.24) is 14.9 Å². The van der Waals surface area contributed by atoms with Crippen LogP contribution in [-0.2, 0) is 19.4 Å². The standard InChI is InChI=1S/C38H46N6O3/c1-25(2)19-29-20-31(42-17-15-41(5)16-18-42)12-11-28(29)21-35-39-23-30-24-43(36-26(3)9-8-10-27(36)4)38(45)44(37(30)40-35)33-14-13-32(46-6)22-34(33)47-7/h8-14,20,22-23,25H,15-19,21,24H2,1-7H3. The summed E-state index contributed by atoms with van der Waals surface area (Å²) in [5, 5.41) is 0. The second kappa shape index (κ2) is 13.6. The number of fused-ring (bicyclic) bond motifs is 1. The predicted octanol–water partition coefficient (Wildman–Crippen LogP) is 6.93. The van der Waals surface area contributed by atoms with Gasteiger partial charge in [-0.2, -0.15) is 0 Å². The van der Waals surface area contributed by atoms with Gasteiger partial charge in [0.1, 0.15) is 23.1 Å². The first kappa shape index (κ1) is 32.3. The first-order valence-electron chi connectivity index (χ1n) is 16.5. The summed E-state index contributed by atoms with van der Waals surface area (Å²) in [6.07, 6.45) is 3.43. The molecule has 3 aromatic carbocycles. The SMILES string of the molecule is COc1ccc(N2C(=O)N(c3c(C)cccc3C)Cc3cnc(Cc4ccc(N5CCN(C)CC5)cc4CC(C)C)nc32)c(OC)c1. The van der Waals surface area contributed by atoms with Crippen molar-refractivity contribution < 1.29 is 14.3 Å². The summed E-state index contributed by atoms with van der Waals surface area (Å²) < 4.78 is 11.3. The number of piperazine rings is 1. The normalized spacial score (nSPS) is 15.3. The second-order valence-corrected chi connectivity index (χ2v) is 13.1. The number of likely N-dealkylation sites (N-methyl/N-ethyl adjacent to an activating group) is 1. The lowest BCUT2D eigenvalue weighted by Gasteiger charge is -2.37. The maximum atomic E-state index is 14.6. The summed E-state index contributed by atoms with van der Waals surface area (Å²) in [7, 11) is 5.40. The van der Waals surface area contributed by atoms with Crippen molar-refractivity contribution >= 4 is 28.9 Å². The summed E-state index contributed by atoms with van der Waals surface area (Å²) >= 11 is 0. The Bertz CT molecular complexity index is 1740. The molecule has 1 fully saturated rings. The van der Waals surface area contributed by atoms with Crippen LogP contribution >= 0.6 is 0 Å². The van der Waals surface area contributed by atoms with Crippen molar-refractivity contribution in [1.29, 1.82) is 0 Å². The fourth-order valence-electron chi connectivity index (χ4n) is 6.71. The van der Waals surface area contributed by atoms with Gasteiger partial charge in [-0.15, -0.1) is 0 Å². The predicted molar refractivity (Wildman–Crippen MR) is 189 cm³/mol. The molecule has 6 rings (SSSR count). The van der Waals surface area contributed by atoms with Gasteiger partial charge >= 0.3 is 6.03 Å². The molecule has 9 heteroatoms. The van der Waals surface area contributed by atoms with Gasteiger partial charge in [0.15, 0.2) is 0 Å². The van der Waals surface area contributed by atoms with Gasteiger partial charge in [0.25, 0.3) is 0 Å². The van der Waals surface area contributed by atoms with Gasteiger partial charge in [0, 0.05) is 56.1 Å². The third kappa shape index (κ3) is 6.63. The molecule has 2 aliphatic rings. The highest BCUT2D eigenvalue weighted by Crippen LogP contribution is 2.42. The molecule has 47 heavy (non-hydrogen) atoms. The zero-order chi connectivity index (χ0) is 33.2. The van der Waals surface area contributed by atoms with Crippen LogP contribution in [0.2, 0.25) is 0 Å². The summed E-state index contributed by atoms with van der Waals surface area (Å²) in [5.74, 6) is 2.92. The quantitative estimate of drug-likeness (QED) is 0.198. The molecule has 0 spiro atoms. The van der Waals surface area contributed by atoms with Crippen molar-refractivity contribution in [3.63, 3.8) is 0 Å². The highest BCUT2D eigenvalue weighted by Gasteiger charge is 2.37. The van der Waals surface area contributed by atoms with E-state index < -0.39 is 0 Å². The molecule has 0 bridgehead atoms. The molecule has 4 aromatic rings. The van der Waals surface area contributed by atoms with Crippen molar-refractivity contribution in [3.05, 3.63) is 94.4 Å². The van der Waals surface area contributed by atoms with E-state index in [1.807, 2.05) is 55.3 Å². The lowest BCUT2D eigenvalue weighted by atomic mass is 9.95. The topological polar surface area (TPSA) is 74.3 Å². The van der Waals surface area contributed by atoms with E-state index in [9.17, 15) is 4.79 Å². The van der Waals surface area contributed by atoms with Gasteiger partial charge in [0.05, 0.1) is 32.1 Å². The third-order valence-corrected chi connectivity index (χ3v) is 9.23. The Morgan fingerprint density at radius 3 is 2.32 bits per heavy atom. The minimum absolute atomic E-state index is 0.194. The van der Waals surface area contributed by atoms with Crippen molar-refractivity contribution in [3.8, 4) is 11.5 Å². The minimum atomic E-state index is -0.194. The number of nitrogens with zero attached hydrogens (tertiary/aromatic N) is 6. The van der Waals surface area contributed by atoms with Crippen LogP contribution in [-0.4, -0.2) is 68.3 Å². The van der Waals surface area contributed by atoms with Crippen LogP contribution in [0, 0.1) is 19.8 Å². The Morgan fingerprint density at radius 2 is 1.64 bits per heavy atom. The molecule has 2 aliphatic heterocycles. The number of urea groups is 1. The number of ether oxygens (including phenoxy) is 2. The highest BCUT2D eigenvalue weighted by molar-refractivity contribution is 6.11. The molecule has 0 atom stereocenters. The Hall–Kier alpha value is -4.63. The van der Waals surface area contributed by atoms with Crippen LogP contribution in [0.4, 0.5) is 27.7 Å². The summed E-state index contributed by atoms with van der Waals surface area (Å²) in [5.41, 5.74) is 8.21. The number of rotatable bonds is 9. The Balaban J connectivity index is 1.41. The average molecular weight is 635 g/mol. The lowest BCUT2D eigenvalue weighted by molar-refractivity contribution is 0.252. The van der Waals surface area contributed by atoms with Gasteiger partial charge in [-0.1, -0.05) is 38.1 Å². The van der Waals surface area contributed by atoms with E-state index in [4.69, 9.17) is 19.4 Å². The van der Waals surface area contributed by atoms with E-state index in [1.165, 1.54) is 16.8 Å². The molecular formula is C38H46N6O3. The van der Waals surface area contributed by atoms with Crippen LogP contribution in [0.15, 0.2) is 60.8 Å². The Kier molecular flexibility index (Phi) is 9.36. The lowest BCUT2D eigenvalue weighted by Crippen LogP contribution is -2.46. The number of para-hydroxylation sites is 1. The van der Waals surface area contributed by atoms with Crippen molar-refractivity contribution in [2.75, 3.05) is 62.1 Å². The summed E-state index contributed by atoms with van der Waals surface area (Å²) in [6.45, 7) is 13.2. The Labute approximate surface area is 278 Å². The second-order valence-electron chi connectivity index (χ2n) is 13.1. The number of hydrogen-bond donors (Lipinski definition) is 0. The molecule has 0 unspecified atom stereocenters. The molecule has 1 saturated heterocycles. The Morgan fingerprint density at radius 1 is 0.894 bits per heavy atom. The first-order valence-corrected chi connectivity index (χ1v) is 16.5. The molecule has 0 radical (unpaired) electrons. The molecule has 3 heterocycles. The van der Waals surface area contributed by atoms with Crippen LogP contribution < -0.4 is 24.2 Å². The number of anilines is 4. The van der Waals surface area contributed by atoms with Gasteiger partial charge in [0.2, 0.25) is 0 Å². The van der Waals surface area contributed by atoms with Gasteiger partial charge in [-0.3, -0.25) is 4.90 Å². The average Bonchev–Trinajstić information content (AvgIpc) is 3.06. The molecule has 9 nitrogen and oxygen atoms in total. The largest absolute Gasteiger partial charge is 0.497 e. The molecule has 2 amide bonds. The number of methoxy groups -OCH3 is 2. The summed E-state index contributed by atoms with van der Waals surface area (Å²) in [6, 6.07) is 18.2. The van der Waals surface area contributed by atoms with E-state index in [1.54, 1.807) is 25.2 Å². The number of amides is 2. The number of aryl methyl sites for hydroxylation is 2. The van der Waals surface area contributed by atoms with Crippen LogP contribution in [0.3, 0.4) is 0 Å². The van der Waals surface area contributed by atoms with Crippen molar-refractivity contribution in [2.24, 2.45) is 5.92 Å². The highest BCUT2D eigenvalue weighted by atomic mass is 16.5. The maximum absolute atomic E-state index is 14.6. The van der Waals surface area contributed by atoms with E-state index >= 15 is 0 Å². The molecular weight excluding hydrogens is 588 g/mol. The van der Waals surface area contributed by atoms with Gasteiger partial charge < -0.3 is 19.3 Å². The smallest absolute Gasteiger partial charge is 0.335 e. The number of carbonyl (C=O) groups excluding carboxylic acids is 1. The first-order chi connectivity index (χ1) is 22.7. The maximum Gasteiger partial charge on any atom is 0.335 e. The number of benzene rings is 3. The van der Waals surface area contributed by atoms with Crippen LogP contribution in [0.1, 0.15) is 47.5 Å². The molecule has 246 valence electrons.